The van der Waals surface area contributed by atoms with Crippen LogP contribution in [0.3, 0.4) is 0 Å². The fourth-order valence-corrected chi connectivity index (χ4v) is 3.13. The summed E-state index contributed by atoms with van der Waals surface area (Å²) in [5.41, 5.74) is 4.62. The molecule has 0 fully saturated rings. The summed E-state index contributed by atoms with van der Waals surface area (Å²) in [6.07, 6.45) is 0. The lowest BCUT2D eigenvalue weighted by atomic mass is 10.0. The Hall–Kier alpha value is -2.82. The van der Waals surface area contributed by atoms with Crippen LogP contribution in [0.4, 0.5) is 0 Å². The number of aromatic nitrogens is 1. The fourth-order valence-electron chi connectivity index (χ4n) is 2.11. The second-order valence-electron chi connectivity index (χ2n) is 5.49. The molecule has 232 valence electrons. The van der Waals surface area contributed by atoms with Crippen LogP contribution in [0.25, 0.3) is 22.4 Å². The second kappa shape index (κ2) is 24.7. The first-order valence-corrected chi connectivity index (χ1v) is 11.3. The van der Waals surface area contributed by atoms with Crippen molar-refractivity contribution in [1.82, 2.24) is 4.98 Å². The van der Waals surface area contributed by atoms with Gasteiger partial charge in [0, 0.05) is 71.4 Å². The molecule has 2 aromatic carbocycles. The third kappa shape index (κ3) is 17.2. The summed E-state index contributed by atoms with van der Waals surface area (Å²) in [5.74, 6) is 0. The minimum Gasteiger partial charge on any atom is -0.270 e. The summed E-state index contributed by atoms with van der Waals surface area (Å²) in [4.78, 5) is 17.4. The van der Waals surface area contributed by atoms with Crippen molar-refractivity contribution in [2.75, 3.05) is 0 Å². The van der Waals surface area contributed by atoms with Crippen molar-refractivity contribution in [2.24, 2.45) is 0 Å². The molecule has 0 atom stereocenters. The van der Waals surface area contributed by atoms with Gasteiger partial charge in [-0.1, -0.05) is 48.5 Å². The van der Waals surface area contributed by atoms with Crippen LogP contribution in [-0.4, -0.2) is 16.7 Å². The Morgan fingerprint density at radius 3 is 1.50 bits per heavy atom. The van der Waals surface area contributed by atoms with Gasteiger partial charge in [0.25, 0.3) is 0 Å². The number of hydrogen-bond donors (Lipinski definition) is 1. The fraction of sp³-hybridized carbons (Fsp3) is 0. The predicted molar refractivity (Wildman–Crippen MR) is 112 cm³/mol. The Kier molecular flexibility index (Phi) is 20.8. The van der Waals surface area contributed by atoms with Gasteiger partial charge >= 0.3 is 6.47 Å². The molecule has 1 N–H and O–H groups in total. The average Bonchev–Trinajstić information content (AvgIpc) is 3.47. The van der Waals surface area contributed by atoms with Crippen molar-refractivity contribution >= 4 is 33.7 Å². The van der Waals surface area contributed by atoms with Crippen molar-refractivity contribution in [3.8, 4) is 22.4 Å². The summed E-state index contributed by atoms with van der Waals surface area (Å²) >= 11 is 5.01. The molecule has 0 saturated heterocycles. The molecule has 42 heavy (non-hydrogen) atoms. The molecule has 0 unspecified atom stereocenters. The highest BCUT2D eigenvalue weighted by atomic mass is 79.9. The molecule has 3 rings (SSSR count). The van der Waals surface area contributed by atoms with E-state index in [4.69, 9.17) is 5.26 Å². The van der Waals surface area contributed by atoms with Gasteiger partial charge in [0.05, 0.1) is 5.69 Å². The molecule has 0 aliphatic rings. The average molecular weight is 698 g/mol. The minimum atomic E-state index is -0.158. The number of thiazole rings is 1. The van der Waals surface area contributed by atoms with Gasteiger partial charge in [0.15, 0.2) is 3.92 Å². The normalized spacial score (nSPS) is 10.7. The third-order valence-corrected chi connectivity index (χ3v) is 4.72. The monoisotopic (exact) mass is 697 g/mol. The lowest BCUT2D eigenvalue weighted by Gasteiger charge is -2.03. The van der Waals surface area contributed by atoms with Crippen LogP contribution in [0.1, 0.15) is 0 Å². The molecule has 24 nitrogen and oxygen atoms in total. The molecule has 0 amide bonds. The number of benzene rings is 2. The van der Waals surface area contributed by atoms with E-state index in [-0.39, 0.29) is 6.47 Å². The van der Waals surface area contributed by atoms with E-state index in [0.717, 1.165) is 15.2 Å². The SMILES string of the molecule is Brc1nc(-c2cccc(-c3ccccc3)c2)cs1.O=COOOOOOOOOOOOOOOOOOOOOO. The first-order chi connectivity index (χ1) is 20.7. The van der Waals surface area contributed by atoms with Gasteiger partial charge in [-0.25, -0.2) is 10.2 Å². The van der Waals surface area contributed by atoms with Crippen molar-refractivity contribution in [3.05, 3.63) is 63.9 Å². The van der Waals surface area contributed by atoms with Crippen LogP contribution >= 0.6 is 27.3 Å². The van der Waals surface area contributed by atoms with Gasteiger partial charge in [0.2, 0.25) is 0 Å². The zero-order valence-electron chi connectivity index (χ0n) is 19.5. The van der Waals surface area contributed by atoms with E-state index in [9.17, 15) is 4.79 Å². The molecule has 0 spiro atoms. The molecule has 0 bridgehead atoms. The van der Waals surface area contributed by atoms with Crippen LogP contribution < -0.4 is 0 Å². The minimum absolute atomic E-state index is 0.158. The maximum atomic E-state index is 9.49. The van der Waals surface area contributed by atoms with Crippen molar-refractivity contribution < 1.29 is 116 Å². The zero-order chi connectivity index (χ0) is 29.9. The van der Waals surface area contributed by atoms with Gasteiger partial charge < -0.3 is 0 Å². The number of hydrogen-bond acceptors (Lipinski definition) is 25. The van der Waals surface area contributed by atoms with Crippen molar-refractivity contribution in [2.45, 2.75) is 0 Å². The van der Waals surface area contributed by atoms with E-state index in [1.165, 1.54) is 11.1 Å². The maximum absolute atomic E-state index is 9.49. The number of rotatable bonds is 23. The Morgan fingerprint density at radius 1 is 0.595 bits per heavy atom. The van der Waals surface area contributed by atoms with Gasteiger partial charge in [-0.3, -0.25) is 9.68 Å². The topological polar surface area (TPSA) is 244 Å². The lowest BCUT2D eigenvalue weighted by molar-refractivity contribution is -0.896. The number of carbonyl (C=O) groups excluding carboxylic acids is 1. The first-order valence-electron chi connectivity index (χ1n) is 9.58. The molecule has 1 aromatic heterocycles. The first kappa shape index (κ1) is 35.4. The summed E-state index contributed by atoms with van der Waals surface area (Å²) in [5, 5.41) is 77.8. The third-order valence-electron chi connectivity index (χ3n) is 3.35. The highest BCUT2D eigenvalue weighted by Gasteiger charge is 2.05. The Bertz CT molecular complexity index is 1070. The molecule has 0 aliphatic carbocycles. The van der Waals surface area contributed by atoms with E-state index in [1.54, 1.807) is 11.3 Å². The van der Waals surface area contributed by atoms with Crippen molar-refractivity contribution in [1.29, 1.82) is 0 Å². The molecular weight excluding hydrogens is 686 g/mol. The van der Waals surface area contributed by atoms with Gasteiger partial charge in [-0.2, -0.15) is 0 Å². The van der Waals surface area contributed by atoms with Crippen molar-refractivity contribution in [3.63, 3.8) is 0 Å². The second-order valence-corrected chi connectivity index (χ2v) is 7.63. The van der Waals surface area contributed by atoms with E-state index >= 15 is 0 Å². The smallest absolute Gasteiger partial charge is 0.270 e. The molecular formula is C16H12BrNO23S. The molecule has 0 aliphatic heterocycles. The molecule has 0 saturated carbocycles. The lowest BCUT2D eigenvalue weighted by Crippen LogP contribution is -2.05. The van der Waals surface area contributed by atoms with E-state index in [2.05, 4.69) is 180 Å². The standard InChI is InChI=1S/C15H10BrNS.CH2O23/c16-15-17-14(10-18-15)13-8-4-7-12(9-13)11-5-2-1-3-6-11;2-1-4-6-8-10-12-14-16-18-20-22-24-23-21-19-17-15-13-11-9-7-5-3/h1-10H;1,3H. The highest BCUT2D eigenvalue weighted by Crippen LogP contribution is 2.28. The maximum Gasteiger partial charge on any atom is 0.334 e. The Morgan fingerprint density at radius 2 is 1.05 bits per heavy atom. The number of nitrogens with zero attached hydrogens (tertiary/aromatic N) is 1. The molecule has 1 heterocycles. The summed E-state index contributed by atoms with van der Waals surface area (Å²) in [6.45, 7) is -0.158. The summed E-state index contributed by atoms with van der Waals surface area (Å²) < 4.78 is 0.919. The number of carbonyl (C=O) groups is 1. The van der Waals surface area contributed by atoms with Crippen LogP contribution in [0.2, 0.25) is 0 Å². The van der Waals surface area contributed by atoms with E-state index < -0.39 is 0 Å². The van der Waals surface area contributed by atoms with Crippen LogP contribution in [0.5, 0.6) is 0 Å². The molecule has 0 radical (unpaired) electrons. The van der Waals surface area contributed by atoms with Crippen LogP contribution in [0.15, 0.2) is 63.9 Å². The van der Waals surface area contributed by atoms with Gasteiger partial charge in [0.1, 0.15) is 0 Å². The summed E-state index contributed by atoms with van der Waals surface area (Å²) in [6, 6.07) is 18.9. The molecule has 3 aromatic rings. The Balaban J connectivity index is 0.000000303. The molecule has 26 heteroatoms. The van der Waals surface area contributed by atoms with E-state index in [1.807, 2.05) is 6.07 Å². The largest absolute Gasteiger partial charge is 0.334 e. The Labute approximate surface area is 240 Å². The zero-order valence-corrected chi connectivity index (χ0v) is 21.9. The number of halogens is 1. The quantitative estimate of drug-likeness (QED) is 0.0644. The predicted octanol–water partition coefficient (Wildman–Crippen LogP) is 3.50. The van der Waals surface area contributed by atoms with E-state index in [0.29, 0.717) is 0 Å². The van der Waals surface area contributed by atoms with Gasteiger partial charge in [-0.05, 0) is 73.4 Å². The van der Waals surface area contributed by atoms with Crippen LogP contribution in [0, 0.1) is 0 Å². The highest BCUT2D eigenvalue weighted by molar-refractivity contribution is 9.11. The van der Waals surface area contributed by atoms with Gasteiger partial charge in [-0.15, -0.1) is 11.3 Å². The van der Waals surface area contributed by atoms with Crippen LogP contribution in [-0.2, 0) is 110 Å². The summed E-state index contributed by atoms with van der Waals surface area (Å²) in [7, 11) is 0.